The van der Waals surface area contributed by atoms with Gasteiger partial charge in [-0.3, -0.25) is 4.79 Å². The summed E-state index contributed by atoms with van der Waals surface area (Å²) in [5.74, 6) is -0.0124. The molecule has 0 aromatic carbocycles. The summed E-state index contributed by atoms with van der Waals surface area (Å²) < 4.78 is 33.9. The lowest BCUT2D eigenvalue weighted by atomic mass is 9.97. The smallest absolute Gasteiger partial charge is 0.282 e. The standard InChI is InChI=1S/C14H26N2O4S/c1-3-4-8-15(2)21(18,19)16-9-10-20-11-13(16)12-6-5-7-14(12)17/h12-13H,3-11H2,1-2H3/t12-,13+/m1/s1. The van der Waals surface area contributed by atoms with Crippen LogP contribution in [-0.4, -0.2) is 62.2 Å². The molecule has 0 unspecified atom stereocenters. The molecule has 1 saturated carbocycles. The number of carbonyl (C=O) groups excluding carboxylic acids is 1. The van der Waals surface area contributed by atoms with Crippen molar-refractivity contribution in [2.24, 2.45) is 5.92 Å². The second-order valence-corrected chi connectivity index (χ2v) is 7.89. The maximum absolute atomic E-state index is 12.8. The topological polar surface area (TPSA) is 66.9 Å². The van der Waals surface area contributed by atoms with Crippen LogP contribution >= 0.6 is 0 Å². The normalized spacial score (nSPS) is 28.4. The number of ketones is 1. The number of rotatable bonds is 6. The third kappa shape index (κ3) is 3.64. The fourth-order valence-corrected chi connectivity index (χ4v) is 4.71. The quantitative estimate of drug-likeness (QED) is 0.734. The summed E-state index contributed by atoms with van der Waals surface area (Å²) >= 11 is 0. The average molecular weight is 318 g/mol. The molecule has 0 radical (unpaired) electrons. The molecule has 1 heterocycles. The van der Waals surface area contributed by atoms with Crippen LogP contribution in [-0.2, 0) is 19.7 Å². The number of ether oxygens (including phenoxy) is 1. The minimum absolute atomic E-state index is 0.182. The first-order valence-corrected chi connectivity index (χ1v) is 9.21. The van der Waals surface area contributed by atoms with Gasteiger partial charge in [-0.1, -0.05) is 13.3 Å². The monoisotopic (exact) mass is 318 g/mol. The minimum Gasteiger partial charge on any atom is -0.378 e. The number of carbonyl (C=O) groups is 1. The van der Waals surface area contributed by atoms with E-state index in [4.69, 9.17) is 4.74 Å². The van der Waals surface area contributed by atoms with Gasteiger partial charge in [0.1, 0.15) is 5.78 Å². The zero-order chi connectivity index (χ0) is 15.5. The van der Waals surface area contributed by atoms with Gasteiger partial charge in [-0.25, -0.2) is 0 Å². The van der Waals surface area contributed by atoms with Gasteiger partial charge in [0.15, 0.2) is 0 Å². The highest BCUT2D eigenvalue weighted by Crippen LogP contribution is 2.31. The molecular weight excluding hydrogens is 292 g/mol. The van der Waals surface area contributed by atoms with Crippen LogP contribution in [0.1, 0.15) is 39.0 Å². The van der Waals surface area contributed by atoms with Crippen LogP contribution in [0.4, 0.5) is 0 Å². The van der Waals surface area contributed by atoms with Crippen molar-refractivity contribution in [1.29, 1.82) is 0 Å². The first-order valence-electron chi connectivity index (χ1n) is 7.82. The molecule has 1 saturated heterocycles. The summed E-state index contributed by atoms with van der Waals surface area (Å²) in [6.45, 7) is 3.62. The van der Waals surface area contributed by atoms with Crippen molar-refractivity contribution in [3.63, 3.8) is 0 Å². The van der Waals surface area contributed by atoms with Crippen molar-refractivity contribution < 1.29 is 17.9 Å². The summed E-state index contributed by atoms with van der Waals surface area (Å²) in [7, 11) is -1.89. The summed E-state index contributed by atoms with van der Waals surface area (Å²) in [6.07, 6.45) is 4.00. The molecule has 2 rings (SSSR count). The molecule has 0 spiro atoms. The lowest BCUT2D eigenvalue weighted by Gasteiger charge is -2.39. The van der Waals surface area contributed by atoms with Crippen LogP contribution in [0.5, 0.6) is 0 Å². The lowest BCUT2D eigenvalue weighted by Crippen LogP contribution is -2.56. The van der Waals surface area contributed by atoms with E-state index >= 15 is 0 Å². The Morgan fingerprint density at radius 1 is 1.43 bits per heavy atom. The van der Waals surface area contributed by atoms with E-state index in [9.17, 15) is 13.2 Å². The van der Waals surface area contributed by atoms with E-state index in [0.29, 0.717) is 32.7 Å². The SMILES string of the molecule is CCCCN(C)S(=O)(=O)N1CCOC[C@H]1[C@H]1CCCC1=O. The van der Waals surface area contributed by atoms with Crippen molar-refractivity contribution in [2.45, 2.75) is 45.1 Å². The molecule has 2 fully saturated rings. The van der Waals surface area contributed by atoms with Gasteiger partial charge >= 0.3 is 0 Å². The Hall–Kier alpha value is -0.500. The van der Waals surface area contributed by atoms with Gasteiger partial charge in [0, 0.05) is 32.5 Å². The summed E-state index contributed by atoms with van der Waals surface area (Å²) in [6, 6.07) is -0.331. The number of Topliss-reactive ketones (excluding diaryl/α,β-unsaturated/α-hetero) is 1. The summed E-state index contributed by atoms with van der Waals surface area (Å²) in [5.41, 5.74) is 0. The zero-order valence-electron chi connectivity index (χ0n) is 13.0. The molecule has 0 aromatic rings. The number of hydrogen-bond donors (Lipinski definition) is 0. The van der Waals surface area contributed by atoms with Crippen molar-refractivity contribution in [3.8, 4) is 0 Å². The highest BCUT2D eigenvalue weighted by Gasteiger charge is 2.43. The molecule has 0 N–H and O–H groups in total. The molecule has 0 amide bonds. The predicted molar refractivity (Wildman–Crippen MR) is 80.1 cm³/mol. The fourth-order valence-electron chi connectivity index (χ4n) is 3.14. The van der Waals surface area contributed by atoms with Crippen LogP contribution in [0.15, 0.2) is 0 Å². The van der Waals surface area contributed by atoms with Gasteiger partial charge in [0.25, 0.3) is 10.2 Å². The van der Waals surface area contributed by atoms with Gasteiger partial charge in [0.2, 0.25) is 0 Å². The molecule has 2 aliphatic rings. The van der Waals surface area contributed by atoms with Gasteiger partial charge in [-0.2, -0.15) is 17.0 Å². The molecule has 1 aliphatic heterocycles. The Kier molecular flexibility index (Phi) is 5.76. The second kappa shape index (κ2) is 7.17. The van der Waals surface area contributed by atoms with E-state index in [1.807, 2.05) is 6.92 Å². The lowest BCUT2D eigenvalue weighted by molar-refractivity contribution is -0.123. The highest BCUT2D eigenvalue weighted by atomic mass is 32.2. The van der Waals surface area contributed by atoms with Crippen molar-refractivity contribution in [3.05, 3.63) is 0 Å². The van der Waals surface area contributed by atoms with Gasteiger partial charge in [-0.15, -0.1) is 0 Å². The number of unbranched alkanes of at least 4 members (excludes halogenated alkanes) is 1. The Morgan fingerprint density at radius 3 is 2.81 bits per heavy atom. The molecule has 2 atom stereocenters. The van der Waals surface area contributed by atoms with Crippen LogP contribution in [0.25, 0.3) is 0 Å². The van der Waals surface area contributed by atoms with E-state index in [2.05, 4.69) is 0 Å². The Morgan fingerprint density at radius 2 is 2.19 bits per heavy atom. The van der Waals surface area contributed by atoms with E-state index in [-0.39, 0.29) is 17.7 Å². The molecule has 0 bridgehead atoms. The van der Waals surface area contributed by atoms with Crippen LogP contribution in [0, 0.1) is 5.92 Å². The van der Waals surface area contributed by atoms with Gasteiger partial charge in [0.05, 0.1) is 19.3 Å². The van der Waals surface area contributed by atoms with Crippen molar-refractivity contribution in [2.75, 3.05) is 33.4 Å². The predicted octanol–water partition coefficient (Wildman–Crippen LogP) is 1.03. The summed E-state index contributed by atoms with van der Waals surface area (Å²) in [5, 5.41) is 0. The minimum atomic E-state index is -3.51. The largest absolute Gasteiger partial charge is 0.378 e. The second-order valence-electron chi connectivity index (χ2n) is 5.90. The van der Waals surface area contributed by atoms with E-state index in [0.717, 1.165) is 25.7 Å². The van der Waals surface area contributed by atoms with Crippen LogP contribution in [0.3, 0.4) is 0 Å². The van der Waals surface area contributed by atoms with Crippen molar-refractivity contribution >= 4 is 16.0 Å². The zero-order valence-corrected chi connectivity index (χ0v) is 13.8. The molecule has 7 heteroatoms. The Labute approximate surface area is 127 Å². The number of nitrogens with zero attached hydrogens (tertiary/aromatic N) is 2. The number of morpholine rings is 1. The Balaban J connectivity index is 2.15. The van der Waals surface area contributed by atoms with E-state index in [1.165, 1.54) is 8.61 Å². The van der Waals surface area contributed by atoms with Crippen molar-refractivity contribution in [1.82, 2.24) is 8.61 Å². The van der Waals surface area contributed by atoms with Gasteiger partial charge in [-0.05, 0) is 19.3 Å². The first kappa shape index (κ1) is 16.9. The Bertz CT molecular complexity index is 466. The van der Waals surface area contributed by atoms with Gasteiger partial charge < -0.3 is 4.74 Å². The molecule has 122 valence electrons. The third-order valence-corrected chi connectivity index (χ3v) is 6.46. The molecule has 21 heavy (non-hydrogen) atoms. The summed E-state index contributed by atoms with van der Waals surface area (Å²) in [4.78, 5) is 12.0. The van der Waals surface area contributed by atoms with Crippen LogP contribution < -0.4 is 0 Å². The highest BCUT2D eigenvalue weighted by molar-refractivity contribution is 7.86. The maximum atomic E-state index is 12.8. The molecule has 1 aliphatic carbocycles. The fraction of sp³-hybridized carbons (Fsp3) is 0.929. The molecule has 0 aromatic heterocycles. The van der Waals surface area contributed by atoms with E-state index in [1.54, 1.807) is 7.05 Å². The third-order valence-electron chi connectivity index (χ3n) is 4.45. The van der Waals surface area contributed by atoms with E-state index < -0.39 is 10.2 Å². The average Bonchev–Trinajstić information content (AvgIpc) is 2.90. The first-order chi connectivity index (χ1) is 9.98. The molecular formula is C14H26N2O4S. The molecule has 6 nitrogen and oxygen atoms in total. The number of hydrogen-bond acceptors (Lipinski definition) is 4. The maximum Gasteiger partial charge on any atom is 0.282 e. The van der Waals surface area contributed by atoms with Crippen LogP contribution in [0.2, 0.25) is 0 Å².